The van der Waals surface area contributed by atoms with Crippen LogP contribution in [0, 0.1) is 0 Å². The molecule has 1 aliphatic heterocycles. The molecule has 1 aromatic rings. The van der Waals surface area contributed by atoms with Gasteiger partial charge in [0, 0.05) is 23.9 Å². The molecule has 0 aromatic heterocycles. The zero-order valence-electron chi connectivity index (χ0n) is 13.2. The zero-order chi connectivity index (χ0) is 15.5. The summed E-state index contributed by atoms with van der Waals surface area (Å²) >= 11 is 6.16. The van der Waals surface area contributed by atoms with Crippen LogP contribution in [0.25, 0.3) is 0 Å². The van der Waals surface area contributed by atoms with Crippen molar-refractivity contribution in [3.05, 3.63) is 28.8 Å². The Morgan fingerprint density at radius 1 is 1.14 bits per heavy atom. The molecular weight excluding hydrogens is 298 g/mol. The molecule has 1 saturated heterocycles. The Kier molecular flexibility index (Phi) is 5.04. The van der Waals surface area contributed by atoms with E-state index in [1.807, 2.05) is 12.1 Å². The lowest BCUT2D eigenvalue weighted by Crippen LogP contribution is -2.42. The smallest absolute Gasteiger partial charge is 0.133 e. The van der Waals surface area contributed by atoms with Gasteiger partial charge in [0.15, 0.2) is 0 Å². The standard InChI is InChI=1S/C18H24ClNO2/c1-22-18-7-2-14(19)12-17(18)13-8-10-20(11-9-13)15-3-5-16(21)6-4-15/h2,7,12-13,15H,3-6,8-11H2,1H3. The van der Waals surface area contributed by atoms with Gasteiger partial charge in [0.2, 0.25) is 0 Å². The first-order valence-electron chi connectivity index (χ1n) is 8.26. The summed E-state index contributed by atoms with van der Waals surface area (Å²) in [6.45, 7) is 2.22. The molecule has 1 aliphatic carbocycles. The largest absolute Gasteiger partial charge is 0.496 e. The first kappa shape index (κ1) is 15.8. The van der Waals surface area contributed by atoms with Gasteiger partial charge in [-0.25, -0.2) is 0 Å². The van der Waals surface area contributed by atoms with Gasteiger partial charge in [-0.05, 0) is 68.5 Å². The monoisotopic (exact) mass is 321 g/mol. The number of Topliss-reactive ketones (excluding diaryl/α,β-unsaturated/α-hetero) is 1. The Morgan fingerprint density at radius 3 is 2.45 bits per heavy atom. The Balaban J connectivity index is 1.62. The molecule has 1 aromatic carbocycles. The molecule has 1 heterocycles. The lowest BCUT2D eigenvalue weighted by molar-refractivity contribution is -0.121. The Bertz CT molecular complexity index is 528. The van der Waals surface area contributed by atoms with Gasteiger partial charge >= 0.3 is 0 Å². The molecule has 0 bridgehead atoms. The highest BCUT2D eigenvalue weighted by Gasteiger charge is 2.29. The number of methoxy groups -OCH3 is 1. The second kappa shape index (κ2) is 7.01. The molecule has 0 atom stereocenters. The van der Waals surface area contributed by atoms with Crippen molar-refractivity contribution in [2.45, 2.75) is 50.5 Å². The van der Waals surface area contributed by atoms with Gasteiger partial charge in [0.05, 0.1) is 7.11 Å². The number of ether oxygens (including phenoxy) is 1. The number of benzene rings is 1. The van der Waals surface area contributed by atoms with Crippen LogP contribution in [-0.2, 0) is 4.79 Å². The van der Waals surface area contributed by atoms with Gasteiger partial charge in [0.25, 0.3) is 0 Å². The average molecular weight is 322 g/mol. The van der Waals surface area contributed by atoms with Crippen LogP contribution in [0.2, 0.25) is 5.02 Å². The summed E-state index contributed by atoms with van der Waals surface area (Å²) in [6.07, 6.45) is 5.91. The number of likely N-dealkylation sites (tertiary alicyclic amines) is 1. The fourth-order valence-corrected chi connectivity index (χ4v) is 4.07. The minimum Gasteiger partial charge on any atom is -0.496 e. The van der Waals surface area contributed by atoms with E-state index < -0.39 is 0 Å². The molecule has 4 heteroatoms. The van der Waals surface area contributed by atoms with E-state index in [9.17, 15) is 4.79 Å². The van der Waals surface area contributed by atoms with E-state index in [2.05, 4.69) is 11.0 Å². The molecule has 3 nitrogen and oxygen atoms in total. The molecule has 2 aliphatic rings. The minimum absolute atomic E-state index is 0.440. The number of hydrogen-bond donors (Lipinski definition) is 0. The summed E-state index contributed by atoms with van der Waals surface area (Å²) in [7, 11) is 1.72. The fraction of sp³-hybridized carbons (Fsp3) is 0.611. The molecule has 0 spiro atoms. The van der Waals surface area contributed by atoms with E-state index in [1.54, 1.807) is 7.11 Å². The van der Waals surface area contributed by atoms with Crippen molar-refractivity contribution in [2.75, 3.05) is 20.2 Å². The van der Waals surface area contributed by atoms with Crippen LogP contribution in [0.15, 0.2) is 18.2 Å². The molecule has 0 radical (unpaired) electrons. The fourth-order valence-electron chi connectivity index (χ4n) is 3.89. The van der Waals surface area contributed by atoms with E-state index in [4.69, 9.17) is 16.3 Å². The second-order valence-electron chi connectivity index (χ2n) is 6.47. The van der Waals surface area contributed by atoms with Crippen LogP contribution in [0.1, 0.15) is 50.0 Å². The summed E-state index contributed by atoms with van der Waals surface area (Å²) in [5.74, 6) is 1.91. The molecule has 2 fully saturated rings. The number of halogens is 1. The average Bonchev–Trinajstić information content (AvgIpc) is 2.56. The number of nitrogens with zero attached hydrogens (tertiary/aromatic N) is 1. The molecule has 1 saturated carbocycles. The third-order valence-electron chi connectivity index (χ3n) is 5.19. The van der Waals surface area contributed by atoms with Crippen molar-refractivity contribution < 1.29 is 9.53 Å². The summed E-state index contributed by atoms with van der Waals surface area (Å²) in [6, 6.07) is 6.52. The van der Waals surface area contributed by atoms with E-state index in [1.165, 1.54) is 5.56 Å². The van der Waals surface area contributed by atoms with E-state index in [0.717, 1.165) is 62.4 Å². The Hall–Kier alpha value is -1.06. The van der Waals surface area contributed by atoms with Crippen molar-refractivity contribution in [3.8, 4) is 5.75 Å². The lowest BCUT2D eigenvalue weighted by atomic mass is 9.86. The maximum absolute atomic E-state index is 11.4. The first-order chi connectivity index (χ1) is 10.7. The van der Waals surface area contributed by atoms with Crippen LogP contribution < -0.4 is 4.74 Å². The summed E-state index contributed by atoms with van der Waals surface area (Å²) in [4.78, 5) is 14.0. The van der Waals surface area contributed by atoms with Gasteiger partial charge in [-0.3, -0.25) is 4.79 Å². The molecule has 22 heavy (non-hydrogen) atoms. The van der Waals surface area contributed by atoms with Gasteiger partial charge in [0.1, 0.15) is 11.5 Å². The lowest BCUT2D eigenvalue weighted by Gasteiger charge is -2.39. The number of ketones is 1. The first-order valence-corrected chi connectivity index (χ1v) is 8.64. The number of hydrogen-bond acceptors (Lipinski definition) is 3. The van der Waals surface area contributed by atoms with Crippen molar-refractivity contribution in [1.82, 2.24) is 4.90 Å². The van der Waals surface area contributed by atoms with E-state index in [0.29, 0.717) is 17.7 Å². The van der Waals surface area contributed by atoms with Crippen LogP contribution in [0.5, 0.6) is 5.75 Å². The van der Waals surface area contributed by atoms with E-state index in [-0.39, 0.29) is 0 Å². The van der Waals surface area contributed by atoms with Crippen molar-refractivity contribution in [3.63, 3.8) is 0 Å². The Morgan fingerprint density at radius 2 is 1.82 bits per heavy atom. The van der Waals surface area contributed by atoms with Gasteiger partial charge in [-0.2, -0.15) is 0 Å². The molecule has 120 valence electrons. The summed E-state index contributed by atoms with van der Waals surface area (Å²) in [5.41, 5.74) is 1.24. The summed E-state index contributed by atoms with van der Waals surface area (Å²) < 4.78 is 5.50. The third-order valence-corrected chi connectivity index (χ3v) is 5.43. The van der Waals surface area contributed by atoms with Gasteiger partial charge < -0.3 is 9.64 Å². The quantitative estimate of drug-likeness (QED) is 0.841. The molecule has 0 amide bonds. The predicted molar refractivity (Wildman–Crippen MR) is 88.8 cm³/mol. The van der Waals surface area contributed by atoms with Crippen LogP contribution in [0.4, 0.5) is 0 Å². The SMILES string of the molecule is COc1ccc(Cl)cc1C1CCN(C2CCC(=O)CC2)CC1. The topological polar surface area (TPSA) is 29.5 Å². The maximum atomic E-state index is 11.4. The molecule has 0 N–H and O–H groups in total. The van der Waals surface area contributed by atoms with Crippen LogP contribution in [-0.4, -0.2) is 36.9 Å². The molecule has 0 unspecified atom stereocenters. The van der Waals surface area contributed by atoms with Crippen LogP contribution >= 0.6 is 11.6 Å². The van der Waals surface area contributed by atoms with Crippen molar-refractivity contribution in [1.29, 1.82) is 0 Å². The van der Waals surface area contributed by atoms with Gasteiger partial charge in [-0.15, -0.1) is 0 Å². The molecule has 3 rings (SSSR count). The van der Waals surface area contributed by atoms with Crippen LogP contribution in [0.3, 0.4) is 0 Å². The van der Waals surface area contributed by atoms with Gasteiger partial charge in [-0.1, -0.05) is 11.6 Å². The van der Waals surface area contributed by atoms with E-state index >= 15 is 0 Å². The molecular formula is C18H24ClNO2. The summed E-state index contributed by atoms with van der Waals surface area (Å²) in [5, 5.41) is 0.782. The van der Waals surface area contributed by atoms with Crippen molar-refractivity contribution in [2.24, 2.45) is 0 Å². The Labute approximate surface area is 137 Å². The highest BCUT2D eigenvalue weighted by atomic mass is 35.5. The highest BCUT2D eigenvalue weighted by Crippen LogP contribution is 2.37. The van der Waals surface area contributed by atoms with Crippen molar-refractivity contribution >= 4 is 17.4 Å². The zero-order valence-corrected chi connectivity index (χ0v) is 13.9. The number of carbonyl (C=O) groups is 1. The predicted octanol–water partition coefficient (Wildman–Crippen LogP) is 4.04. The number of piperidine rings is 1. The number of carbonyl (C=O) groups excluding carboxylic acids is 1. The number of rotatable bonds is 3. The highest BCUT2D eigenvalue weighted by molar-refractivity contribution is 6.30. The second-order valence-corrected chi connectivity index (χ2v) is 6.90. The third kappa shape index (κ3) is 3.47. The minimum atomic E-state index is 0.440. The normalized spacial score (nSPS) is 22.0. The maximum Gasteiger partial charge on any atom is 0.133 e.